The minimum absolute atomic E-state index is 0.0983. The molecule has 7 nitrogen and oxygen atoms in total. The van der Waals surface area contributed by atoms with Gasteiger partial charge in [0.25, 0.3) is 5.24 Å². The van der Waals surface area contributed by atoms with Crippen molar-refractivity contribution in [3.05, 3.63) is 54.1 Å². The topological polar surface area (TPSA) is 86.8 Å². The summed E-state index contributed by atoms with van der Waals surface area (Å²) in [6, 6.07) is 13.8. The Morgan fingerprint density at radius 2 is 1.64 bits per heavy atom. The molecule has 150 valence electrons. The van der Waals surface area contributed by atoms with Crippen molar-refractivity contribution in [2.24, 2.45) is 0 Å². The van der Waals surface area contributed by atoms with Gasteiger partial charge in [0.1, 0.15) is 6.54 Å². The molecule has 2 amide bonds. The van der Waals surface area contributed by atoms with E-state index in [-0.39, 0.29) is 11.8 Å². The van der Waals surface area contributed by atoms with Crippen LogP contribution in [0.3, 0.4) is 0 Å². The van der Waals surface area contributed by atoms with Crippen LogP contribution in [0.4, 0.5) is 16.2 Å². The molecule has 0 aliphatic carbocycles. The molecule has 28 heavy (non-hydrogen) atoms. The van der Waals surface area contributed by atoms with Crippen LogP contribution in [0.5, 0.6) is 0 Å². The molecule has 2 rings (SSSR count). The Bertz CT molecular complexity index is 957. The summed E-state index contributed by atoms with van der Waals surface area (Å²) in [5.74, 6) is -0.460. The monoisotopic (exact) mass is 421 g/mol. The average Bonchev–Trinajstić information content (AvgIpc) is 2.61. The molecule has 0 aliphatic heterocycles. The number of rotatable bonds is 6. The van der Waals surface area contributed by atoms with E-state index in [4.69, 9.17) is 0 Å². The van der Waals surface area contributed by atoms with E-state index in [1.54, 1.807) is 69.6 Å². The Kier molecular flexibility index (Phi) is 7.09. The fourth-order valence-corrected chi connectivity index (χ4v) is 3.92. The van der Waals surface area contributed by atoms with E-state index in [2.05, 4.69) is 5.32 Å². The van der Waals surface area contributed by atoms with Gasteiger partial charge in [0.15, 0.2) is 0 Å². The molecule has 2 aromatic rings. The molecule has 0 saturated heterocycles. The van der Waals surface area contributed by atoms with Crippen LogP contribution in [0, 0.1) is 6.92 Å². The third kappa shape index (κ3) is 6.00. The molecule has 2 aromatic carbocycles. The number of thioether (sulfide) groups is 1. The molecule has 0 aliphatic rings. The number of anilines is 2. The molecule has 0 bridgehead atoms. The first-order valence-electron chi connectivity index (χ1n) is 8.40. The third-order valence-electron chi connectivity index (χ3n) is 3.78. The van der Waals surface area contributed by atoms with Gasteiger partial charge in [-0.25, -0.2) is 8.42 Å². The molecule has 0 aromatic heterocycles. The van der Waals surface area contributed by atoms with Crippen molar-refractivity contribution in [3.8, 4) is 0 Å². The Morgan fingerprint density at radius 3 is 2.18 bits per heavy atom. The SMILES string of the molecule is Cc1ccccc1N(CC(=O)Nc1ccc(SC(=O)N(C)C)cc1)S(C)(=O)=O. The van der Waals surface area contributed by atoms with E-state index in [9.17, 15) is 18.0 Å². The van der Waals surface area contributed by atoms with Crippen molar-refractivity contribution in [2.75, 3.05) is 36.5 Å². The number of carbonyl (C=O) groups excluding carboxylic acids is 2. The van der Waals surface area contributed by atoms with E-state index in [0.29, 0.717) is 11.4 Å². The quantitative estimate of drug-likeness (QED) is 0.724. The van der Waals surface area contributed by atoms with E-state index < -0.39 is 15.9 Å². The maximum Gasteiger partial charge on any atom is 0.285 e. The number of nitrogens with one attached hydrogen (secondary N) is 1. The van der Waals surface area contributed by atoms with Crippen LogP contribution in [0.15, 0.2) is 53.4 Å². The van der Waals surface area contributed by atoms with Gasteiger partial charge in [-0.15, -0.1) is 0 Å². The minimum atomic E-state index is -3.63. The van der Waals surface area contributed by atoms with Crippen molar-refractivity contribution < 1.29 is 18.0 Å². The predicted octanol–water partition coefficient (Wildman–Crippen LogP) is 3.17. The minimum Gasteiger partial charge on any atom is -0.339 e. The number of benzene rings is 2. The summed E-state index contributed by atoms with van der Waals surface area (Å²) in [5, 5.41) is 2.59. The lowest BCUT2D eigenvalue weighted by molar-refractivity contribution is -0.114. The molecule has 1 N–H and O–H groups in total. The van der Waals surface area contributed by atoms with Crippen LogP contribution in [0.25, 0.3) is 0 Å². The Hall–Kier alpha value is -2.52. The van der Waals surface area contributed by atoms with Crippen molar-refractivity contribution in [1.82, 2.24) is 4.90 Å². The van der Waals surface area contributed by atoms with Crippen LogP contribution >= 0.6 is 11.8 Å². The van der Waals surface area contributed by atoms with Gasteiger partial charge in [-0.3, -0.25) is 13.9 Å². The van der Waals surface area contributed by atoms with Gasteiger partial charge in [0, 0.05) is 24.7 Å². The van der Waals surface area contributed by atoms with Gasteiger partial charge in [-0.05, 0) is 54.6 Å². The average molecular weight is 422 g/mol. The second kappa shape index (κ2) is 9.11. The molecular weight excluding hydrogens is 398 g/mol. The number of sulfonamides is 1. The maximum atomic E-state index is 12.4. The predicted molar refractivity (Wildman–Crippen MR) is 113 cm³/mol. The summed E-state index contributed by atoms with van der Waals surface area (Å²) in [6.45, 7) is 1.45. The van der Waals surface area contributed by atoms with Crippen molar-refractivity contribution >= 4 is 44.3 Å². The number of nitrogens with zero attached hydrogens (tertiary/aromatic N) is 2. The van der Waals surface area contributed by atoms with Crippen LogP contribution in [0.2, 0.25) is 0 Å². The van der Waals surface area contributed by atoms with Gasteiger partial charge in [0.05, 0.1) is 11.9 Å². The highest BCUT2D eigenvalue weighted by atomic mass is 32.2. The standard InChI is InChI=1S/C19H23N3O4S2/c1-14-7-5-6-8-17(14)22(28(4,25)26)13-18(23)20-15-9-11-16(12-10-15)27-19(24)21(2)3/h5-12H,13H2,1-4H3,(H,20,23). The Morgan fingerprint density at radius 1 is 1.04 bits per heavy atom. The zero-order valence-corrected chi connectivity index (χ0v) is 17.8. The van der Waals surface area contributed by atoms with E-state index in [1.807, 2.05) is 0 Å². The summed E-state index contributed by atoms with van der Waals surface area (Å²) < 4.78 is 25.4. The first-order chi connectivity index (χ1) is 13.1. The third-order valence-corrected chi connectivity index (χ3v) is 5.95. The van der Waals surface area contributed by atoms with Gasteiger partial charge in [-0.1, -0.05) is 18.2 Å². The first kappa shape index (κ1) is 21.8. The molecule has 0 radical (unpaired) electrons. The van der Waals surface area contributed by atoms with E-state index in [0.717, 1.165) is 32.8 Å². The molecule has 0 atom stereocenters. The number of para-hydroxylation sites is 1. The summed E-state index contributed by atoms with van der Waals surface area (Å²) in [5.41, 5.74) is 1.74. The van der Waals surface area contributed by atoms with E-state index >= 15 is 0 Å². The highest BCUT2D eigenvalue weighted by Crippen LogP contribution is 2.24. The summed E-state index contributed by atoms with van der Waals surface area (Å²) >= 11 is 1.08. The second-order valence-corrected chi connectivity index (χ2v) is 9.32. The highest BCUT2D eigenvalue weighted by Gasteiger charge is 2.22. The number of hydrogen-bond donors (Lipinski definition) is 1. The van der Waals surface area contributed by atoms with Gasteiger partial charge >= 0.3 is 0 Å². The number of aryl methyl sites for hydroxylation is 1. The molecule has 9 heteroatoms. The van der Waals surface area contributed by atoms with Crippen LogP contribution in [-0.4, -0.2) is 51.4 Å². The fourth-order valence-electron chi connectivity index (χ4n) is 2.35. The van der Waals surface area contributed by atoms with Crippen molar-refractivity contribution in [3.63, 3.8) is 0 Å². The van der Waals surface area contributed by atoms with Gasteiger partial charge < -0.3 is 10.2 Å². The van der Waals surface area contributed by atoms with Crippen LogP contribution in [0.1, 0.15) is 5.56 Å². The first-order valence-corrected chi connectivity index (χ1v) is 11.1. The van der Waals surface area contributed by atoms with Crippen molar-refractivity contribution in [2.45, 2.75) is 11.8 Å². The molecule has 0 unspecified atom stereocenters. The lowest BCUT2D eigenvalue weighted by Crippen LogP contribution is -2.37. The number of amides is 2. The molecular formula is C19H23N3O4S2. The largest absolute Gasteiger partial charge is 0.339 e. The molecule has 0 spiro atoms. The zero-order chi connectivity index (χ0) is 20.9. The Balaban J connectivity index is 2.09. The molecule has 0 fully saturated rings. The van der Waals surface area contributed by atoms with Crippen molar-refractivity contribution in [1.29, 1.82) is 0 Å². The lowest BCUT2D eigenvalue weighted by Gasteiger charge is -2.23. The highest BCUT2D eigenvalue weighted by molar-refractivity contribution is 8.13. The van der Waals surface area contributed by atoms with Crippen LogP contribution < -0.4 is 9.62 Å². The van der Waals surface area contributed by atoms with Crippen LogP contribution in [-0.2, 0) is 14.8 Å². The smallest absolute Gasteiger partial charge is 0.285 e. The fraction of sp³-hybridized carbons (Fsp3) is 0.263. The number of carbonyl (C=O) groups is 2. The summed E-state index contributed by atoms with van der Waals surface area (Å²) in [4.78, 5) is 26.4. The van der Waals surface area contributed by atoms with Gasteiger partial charge in [0.2, 0.25) is 15.9 Å². The second-order valence-electron chi connectivity index (χ2n) is 6.39. The normalized spacial score (nSPS) is 11.0. The molecule has 0 heterocycles. The van der Waals surface area contributed by atoms with Gasteiger partial charge in [-0.2, -0.15) is 0 Å². The number of hydrogen-bond acceptors (Lipinski definition) is 5. The summed E-state index contributed by atoms with van der Waals surface area (Å²) in [7, 11) is -0.284. The maximum absolute atomic E-state index is 12.4. The lowest BCUT2D eigenvalue weighted by atomic mass is 10.2. The zero-order valence-electron chi connectivity index (χ0n) is 16.2. The molecule has 0 saturated carbocycles. The van der Waals surface area contributed by atoms with E-state index in [1.165, 1.54) is 4.90 Å². The Labute approximate surface area is 169 Å². The summed E-state index contributed by atoms with van der Waals surface area (Å²) in [6.07, 6.45) is 1.07.